The summed E-state index contributed by atoms with van der Waals surface area (Å²) in [4.78, 5) is 15.6. The standard InChI is InChI=1S/C26H20N4/c1-15-27-14-25(28-15)18-5-3-17(4-6-18)19-7-9-21-20(13-19)8-10-23-22(21)11-12-24-26(23)30-16(2)29-24/h3-14H,1-2H3,(H,27,28)(H,29,30). The zero-order valence-corrected chi connectivity index (χ0v) is 16.8. The van der Waals surface area contributed by atoms with E-state index in [9.17, 15) is 0 Å². The molecule has 0 bridgehead atoms. The maximum Gasteiger partial charge on any atom is 0.104 e. The van der Waals surface area contributed by atoms with E-state index in [4.69, 9.17) is 0 Å². The van der Waals surface area contributed by atoms with Crippen molar-refractivity contribution >= 4 is 32.6 Å². The second-order valence-electron chi connectivity index (χ2n) is 7.84. The topological polar surface area (TPSA) is 57.4 Å². The quantitative estimate of drug-likeness (QED) is 0.331. The molecule has 0 aliphatic heterocycles. The lowest BCUT2D eigenvalue weighted by Crippen LogP contribution is -1.83. The lowest BCUT2D eigenvalue weighted by atomic mass is 9.96. The first-order valence-corrected chi connectivity index (χ1v) is 10.1. The molecule has 0 aliphatic rings. The maximum absolute atomic E-state index is 4.69. The smallest absolute Gasteiger partial charge is 0.104 e. The molecule has 4 heteroatoms. The highest BCUT2D eigenvalue weighted by Crippen LogP contribution is 2.33. The van der Waals surface area contributed by atoms with Gasteiger partial charge in [0.2, 0.25) is 0 Å². The van der Waals surface area contributed by atoms with E-state index in [1.54, 1.807) is 0 Å². The Morgan fingerprint density at radius 2 is 1.37 bits per heavy atom. The highest BCUT2D eigenvalue weighted by Gasteiger charge is 2.09. The number of aromatic amines is 2. The molecule has 2 heterocycles. The molecule has 0 saturated carbocycles. The van der Waals surface area contributed by atoms with E-state index in [1.807, 2.05) is 20.0 Å². The third-order valence-corrected chi connectivity index (χ3v) is 5.82. The number of H-pyrrole nitrogens is 2. The van der Waals surface area contributed by atoms with Gasteiger partial charge in [-0.15, -0.1) is 0 Å². The highest BCUT2D eigenvalue weighted by atomic mass is 14.9. The van der Waals surface area contributed by atoms with Crippen LogP contribution in [0.3, 0.4) is 0 Å². The van der Waals surface area contributed by atoms with Crippen molar-refractivity contribution in [3.05, 3.63) is 84.6 Å². The first-order valence-electron chi connectivity index (χ1n) is 10.1. The number of aromatic nitrogens is 4. The van der Waals surface area contributed by atoms with E-state index in [1.165, 1.54) is 32.7 Å². The van der Waals surface area contributed by atoms with Crippen LogP contribution in [0, 0.1) is 13.8 Å². The van der Waals surface area contributed by atoms with E-state index in [0.29, 0.717) is 0 Å². The van der Waals surface area contributed by atoms with Crippen molar-refractivity contribution in [3.63, 3.8) is 0 Å². The molecule has 0 aliphatic carbocycles. The molecule has 30 heavy (non-hydrogen) atoms. The molecule has 0 fully saturated rings. The first kappa shape index (κ1) is 17.0. The largest absolute Gasteiger partial charge is 0.342 e. The lowest BCUT2D eigenvalue weighted by molar-refractivity contribution is 1.15. The van der Waals surface area contributed by atoms with E-state index in [0.717, 1.165) is 33.9 Å². The van der Waals surface area contributed by atoms with Crippen LogP contribution in [0.25, 0.3) is 55.0 Å². The molecule has 144 valence electrons. The van der Waals surface area contributed by atoms with Crippen LogP contribution in [-0.2, 0) is 0 Å². The van der Waals surface area contributed by atoms with Crippen LogP contribution in [0.15, 0.2) is 72.9 Å². The number of hydrogen-bond donors (Lipinski definition) is 2. The van der Waals surface area contributed by atoms with Crippen molar-refractivity contribution in [1.29, 1.82) is 0 Å². The Labute approximate surface area is 173 Å². The molecule has 0 saturated heterocycles. The summed E-state index contributed by atoms with van der Waals surface area (Å²) in [5, 5.41) is 4.92. The van der Waals surface area contributed by atoms with Gasteiger partial charge in [-0.1, -0.05) is 54.6 Å². The van der Waals surface area contributed by atoms with Crippen molar-refractivity contribution in [2.45, 2.75) is 13.8 Å². The fourth-order valence-electron chi connectivity index (χ4n) is 4.33. The minimum atomic E-state index is 0.929. The number of aryl methyl sites for hydroxylation is 2. The normalized spacial score (nSPS) is 11.7. The summed E-state index contributed by atoms with van der Waals surface area (Å²) in [6, 6.07) is 24.0. The third kappa shape index (κ3) is 2.61. The monoisotopic (exact) mass is 388 g/mol. The molecule has 6 rings (SSSR count). The summed E-state index contributed by atoms with van der Waals surface area (Å²) >= 11 is 0. The molecule has 2 N–H and O–H groups in total. The number of hydrogen-bond acceptors (Lipinski definition) is 2. The van der Waals surface area contributed by atoms with Crippen molar-refractivity contribution in [3.8, 4) is 22.4 Å². The molecule has 0 amide bonds. The second-order valence-corrected chi connectivity index (χ2v) is 7.84. The van der Waals surface area contributed by atoms with Gasteiger partial charge in [0.05, 0.1) is 22.9 Å². The van der Waals surface area contributed by atoms with Gasteiger partial charge in [0, 0.05) is 5.39 Å². The second kappa shape index (κ2) is 6.29. The van der Waals surface area contributed by atoms with Crippen LogP contribution in [0.5, 0.6) is 0 Å². The van der Waals surface area contributed by atoms with Gasteiger partial charge in [-0.2, -0.15) is 0 Å². The SMILES string of the molecule is Cc1ncc(-c2ccc(-c3ccc4c(ccc5c4ccc4[nH]c(C)nc45)c3)cc2)[nH]1. The Bertz CT molecular complexity index is 1550. The molecule has 0 spiro atoms. The zero-order chi connectivity index (χ0) is 20.2. The van der Waals surface area contributed by atoms with Crippen LogP contribution in [-0.4, -0.2) is 19.9 Å². The summed E-state index contributed by atoms with van der Waals surface area (Å²) in [6.45, 7) is 3.97. The van der Waals surface area contributed by atoms with E-state index >= 15 is 0 Å². The number of imidazole rings is 2. The Morgan fingerprint density at radius 3 is 2.17 bits per heavy atom. The average Bonchev–Trinajstić information content (AvgIpc) is 3.38. The van der Waals surface area contributed by atoms with Gasteiger partial charge in [-0.05, 0) is 58.8 Å². The van der Waals surface area contributed by atoms with Gasteiger partial charge in [0.15, 0.2) is 0 Å². The van der Waals surface area contributed by atoms with Gasteiger partial charge in [-0.3, -0.25) is 0 Å². The summed E-state index contributed by atoms with van der Waals surface area (Å²) in [5.41, 5.74) is 6.73. The Hall–Kier alpha value is -3.92. The molecule has 0 radical (unpaired) electrons. The van der Waals surface area contributed by atoms with Crippen molar-refractivity contribution in [2.24, 2.45) is 0 Å². The zero-order valence-electron chi connectivity index (χ0n) is 16.8. The molecule has 4 nitrogen and oxygen atoms in total. The highest BCUT2D eigenvalue weighted by molar-refractivity contribution is 6.16. The van der Waals surface area contributed by atoms with Crippen molar-refractivity contribution in [1.82, 2.24) is 19.9 Å². The minimum Gasteiger partial charge on any atom is -0.342 e. The molecular formula is C26H20N4. The fourth-order valence-corrected chi connectivity index (χ4v) is 4.33. The summed E-state index contributed by atoms with van der Waals surface area (Å²) in [5.74, 6) is 1.87. The van der Waals surface area contributed by atoms with Gasteiger partial charge in [-0.25, -0.2) is 9.97 Å². The van der Waals surface area contributed by atoms with Gasteiger partial charge in [0.1, 0.15) is 11.6 Å². The minimum absolute atomic E-state index is 0.929. The Morgan fingerprint density at radius 1 is 0.633 bits per heavy atom. The van der Waals surface area contributed by atoms with Crippen LogP contribution < -0.4 is 0 Å². The third-order valence-electron chi connectivity index (χ3n) is 5.82. The molecule has 6 aromatic rings. The number of fused-ring (bicyclic) bond motifs is 5. The summed E-state index contributed by atoms with van der Waals surface area (Å²) in [7, 11) is 0. The van der Waals surface area contributed by atoms with Gasteiger partial charge < -0.3 is 9.97 Å². The summed E-state index contributed by atoms with van der Waals surface area (Å²) in [6.07, 6.45) is 1.88. The van der Waals surface area contributed by atoms with E-state index in [-0.39, 0.29) is 0 Å². The number of nitrogens with zero attached hydrogens (tertiary/aromatic N) is 2. The predicted octanol–water partition coefficient (Wildman–Crippen LogP) is 6.54. The van der Waals surface area contributed by atoms with Crippen molar-refractivity contribution in [2.75, 3.05) is 0 Å². The van der Waals surface area contributed by atoms with Gasteiger partial charge >= 0.3 is 0 Å². The average molecular weight is 388 g/mol. The molecular weight excluding hydrogens is 368 g/mol. The number of rotatable bonds is 2. The van der Waals surface area contributed by atoms with E-state index < -0.39 is 0 Å². The molecule has 2 aromatic heterocycles. The first-order chi connectivity index (χ1) is 14.7. The predicted molar refractivity (Wildman–Crippen MR) is 124 cm³/mol. The van der Waals surface area contributed by atoms with Crippen LogP contribution in [0.1, 0.15) is 11.6 Å². The van der Waals surface area contributed by atoms with E-state index in [2.05, 4.69) is 86.7 Å². The van der Waals surface area contributed by atoms with Crippen LogP contribution in [0.2, 0.25) is 0 Å². The Balaban J connectivity index is 1.45. The Kier molecular flexibility index (Phi) is 3.56. The van der Waals surface area contributed by atoms with Crippen LogP contribution >= 0.6 is 0 Å². The lowest BCUT2D eigenvalue weighted by Gasteiger charge is -2.08. The number of nitrogens with one attached hydrogen (secondary N) is 2. The molecule has 0 atom stereocenters. The summed E-state index contributed by atoms with van der Waals surface area (Å²) < 4.78 is 0. The van der Waals surface area contributed by atoms with Crippen LogP contribution in [0.4, 0.5) is 0 Å². The molecule has 4 aromatic carbocycles. The molecule has 0 unspecified atom stereocenters. The maximum atomic E-state index is 4.69. The fraction of sp³-hybridized carbons (Fsp3) is 0.0769. The van der Waals surface area contributed by atoms with Gasteiger partial charge in [0.25, 0.3) is 0 Å². The number of benzene rings is 4. The van der Waals surface area contributed by atoms with Crippen molar-refractivity contribution < 1.29 is 0 Å².